The molecule has 5 aliphatic rings. The Hall–Kier alpha value is -0.300. The summed E-state index contributed by atoms with van der Waals surface area (Å²) in [6, 6.07) is 0. The van der Waals surface area contributed by atoms with Gasteiger partial charge in [-0.1, -0.05) is 12.2 Å². The third-order valence-corrected chi connectivity index (χ3v) is 6.89. The maximum Gasteiger partial charge on any atom is 0.0497 e. The average molecular weight is 230 g/mol. The van der Waals surface area contributed by atoms with Crippen molar-refractivity contribution >= 4 is 0 Å². The van der Waals surface area contributed by atoms with Crippen molar-refractivity contribution < 1.29 is 4.74 Å². The highest BCUT2D eigenvalue weighted by molar-refractivity contribution is 5.20. The van der Waals surface area contributed by atoms with Crippen LogP contribution in [-0.4, -0.2) is 13.2 Å². The summed E-state index contributed by atoms with van der Waals surface area (Å²) in [4.78, 5) is 0. The van der Waals surface area contributed by atoms with Crippen molar-refractivity contribution in [2.75, 3.05) is 13.2 Å². The summed E-state index contributed by atoms with van der Waals surface area (Å²) in [6.07, 6.45) is 11.1. The van der Waals surface area contributed by atoms with E-state index in [0.29, 0.717) is 0 Å². The van der Waals surface area contributed by atoms with E-state index in [4.69, 9.17) is 4.74 Å². The summed E-state index contributed by atoms with van der Waals surface area (Å²) in [5, 5.41) is 0. The number of fused-ring (bicyclic) bond motifs is 9. The summed E-state index contributed by atoms with van der Waals surface area (Å²) >= 11 is 0. The smallest absolute Gasteiger partial charge is 0.0497 e. The quantitative estimate of drug-likeness (QED) is 0.497. The van der Waals surface area contributed by atoms with Crippen LogP contribution in [0.4, 0.5) is 0 Å². The lowest BCUT2D eigenvalue weighted by atomic mass is 9.66. The minimum atomic E-state index is 0.925. The maximum atomic E-state index is 5.64. The van der Waals surface area contributed by atoms with Crippen molar-refractivity contribution in [2.45, 2.75) is 25.7 Å². The Bertz CT molecular complexity index is 368. The molecule has 0 aromatic heterocycles. The average Bonchev–Trinajstić information content (AvgIpc) is 3.13. The minimum Gasteiger partial charge on any atom is -0.381 e. The highest BCUT2D eigenvalue weighted by Gasteiger charge is 2.61. The zero-order chi connectivity index (χ0) is 11.0. The lowest BCUT2D eigenvalue weighted by molar-refractivity contribution is 0.0963. The molecule has 0 radical (unpaired) electrons. The normalized spacial score (nSPS) is 62.6. The SMILES string of the molecule is C1=CC2CC1C1C3CC(C4CCOC4)C(C3)C21. The molecule has 4 fully saturated rings. The van der Waals surface area contributed by atoms with Crippen LogP contribution in [-0.2, 0) is 4.74 Å². The molecule has 0 spiro atoms. The Balaban J connectivity index is 1.46. The van der Waals surface area contributed by atoms with Crippen LogP contribution in [0.2, 0.25) is 0 Å². The monoisotopic (exact) mass is 230 g/mol. The molecule has 8 atom stereocenters. The highest BCUT2D eigenvalue weighted by Crippen LogP contribution is 2.68. The first-order valence-corrected chi connectivity index (χ1v) is 7.68. The molecule has 17 heavy (non-hydrogen) atoms. The molecule has 0 aromatic carbocycles. The van der Waals surface area contributed by atoms with Crippen LogP contribution in [0.3, 0.4) is 0 Å². The molecule has 3 saturated carbocycles. The van der Waals surface area contributed by atoms with E-state index in [2.05, 4.69) is 12.2 Å². The van der Waals surface area contributed by atoms with Crippen molar-refractivity contribution in [3.63, 3.8) is 0 Å². The van der Waals surface area contributed by atoms with E-state index in [-0.39, 0.29) is 0 Å². The number of hydrogen-bond donors (Lipinski definition) is 0. The molecule has 8 unspecified atom stereocenters. The number of rotatable bonds is 1. The van der Waals surface area contributed by atoms with Gasteiger partial charge < -0.3 is 4.74 Å². The van der Waals surface area contributed by atoms with Crippen LogP contribution >= 0.6 is 0 Å². The fourth-order valence-corrected chi connectivity index (χ4v) is 6.50. The second-order valence-corrected chi connectivity index (χ2v) is 7.29. The largest absolute Gasteiger partial charge is 0.381 e. The Morgan fingerprint density at radius 1 is 0.824 bits per heavy atom. The van der Waals surface area contributed by atoms with E-state index in [1.54, 1.807) is 12.8 Å². The lowest BCUT2D eigenvalue weighted by Gasteiger charge is -2.38. The second kappa shape index (κ2) is 3.17. The van der Waals surface area contributed by atoms with Crippen LogP contribution in [0.1, 0.15) is 25.7 Å². The van der Waals surface area contributed by atoms with Gasteiger partial charge >= 0.3 is 0 Å². The van der Waals surface area contributed by atoms with Crippen molar-refractivity contribution in [1.29, 1.82) is 0 Å². The maximum absolute atomic E-state index is 5.64. The van der Waals surface area contributed by atoms with Crippen LogP contribution in [0.25, 0.3) is 0 Å². The minimum absolute atomic E-state index is 0.925. The fraction of sp³-hybridized carbons (Fsp3) is 0.875. The van der Waals surface area contributed by atoms with Gasteiger partial charge in [-0.05, 0) is 73.0 Å². The third-order valence-electron chi connectivity index (χ3n) is 6.89. The Kier molecular flexibility index (Phi) is 1.79. The van der Waals surface area contributed by atoms with Crippen LogP contribution in [0.5, 0.6) is 0 Å². The molecule has 4 aliphatic carbocycles. The summed E-state index contributed by atoms with van der Waals surface area (Å²) in [6.45, 7) is 2.12. The van der Waals surface area contributed by atoms with Crippen molar-refractivity contribution in [3.05, 3.63) is 12.2 Å². The zero-order valence-corrected chi connectivity index (χ0v) is 10.4. The Morgan fingerprint density at radius 2 is 1.65 bits per heavy atom. The zero-order valence-electron chi connectivity index (χ0n) is 10.4. The lowest BCUT2D eigenvalue weighted by Crippen LogP contribution is -2.34. The van der Waals surface area contributed by atoms with Gasteiger partial charge in [-0.15, -0.1) is 0 Å². The first-order chi connectivity index (χ1) is 8.42. The fourth-order valence-electron chi connectivity index (χ4n) is 6.50. The van der Waals surface area contributed by atoms with E-state index >= 15 is 0 Å². The predicted octanol–water partition coefficient (Wildman–Crippen LogP) is 3.12. The van der Waals surface area contributed by atoms with Gasteiger partial charge in [-0.3, -0.25) is 0 Å². The van der Waals surface area contributed by atoms with Crippen molar-refractivity contribution in [1.82, 2.24) is 0 Å². The predicted molar refractivity (Wildman–Crippen MR) is 66.3 cm³/mol. The van der Waals surface area contributed by atoms with Gasteiger partial charge in [-0.2, -0.15) is 0 Å². The molecule has 1 aliphatic heterocycles. The topological polar surface area (TPSA) is 9.23 Å². The molecule has 0 N–H and O–H groups in total. The van der Waals surface area contributed by atoms with Crippen LogP contribution in [0.15, 0.2) is 12.2 Å². The molecular formula is C16H22O. The molecule has 1 nitrogen and oxygen atoms in total. The molecule has 1 saturated heterocycles. The Morgan fingerprint density at radius 3 is 2.47 bits per heavy atom. The summed E-state index contributed by atoms with van der Waals surface area (Å²) < 4.78 is 5.64. The van der Waals surface area contributed by atoms with Gasteiger partial charge in [-0.25, -0.2) is 0 Å². The van der Waals surface area contributed by atoms with Gasteiger partial charge in [0, 0.05) is 13.2 Å². The van der Waals surface area contributed by atoms with Gasteiger partial charge in [0.15, 0.2) is 0 Å². The van der Waals surface area contributed by atoms with E-state index in [0.717, 1.165) is 60.6 Å². The van der Waals surface area contributed by atoms with E-state index in [1.165, 1.54) is 12.8 Å². The number of allylic oxidation sites excluding steroid dienone is 2. The standard InChI is InChI=1S/C16H22O/c1-2-10-5-9(1)15-12-6-13(11-3-4-17-8-11)14(7-12)16(10)15/h1-2,9-16H,3-8H2. The Labute approximate surface area is 104 Å². The first kappa shape index (κ1) is 9.61. The summed E-state index contributed by atoms with van der Waals surface area (Å²) in [7, 11) is 0. The van der Waals surface area contributed by atoms with Crippen LogP contribution < -0.4 is 0 Å². The second-order valence-electron chi connectivity index (χ2n) is 7.29. The van der Waals surface area contributed by atoms with Gasteiger partial charge in [0.2, 0.25) is 0 Å². The van der Waals surface area contributed by atoms with Crippen molar-refractivity contribution in [3.8, 4) is 0 Å². The van der Waals surface area contributed by atoms with Gasteiger partial charge in [0.1, 0.15) is 0 Å². The highest BCUT2D eigenvalue weighted by atomic mass is 16.5. The molecule has 0 amide bonds. The van der Waals surface area contributed by atoms with Gasteiger partial charge in [0.25, 0.3) is 0 Å². The van der Waals surface area contributed by atoms with Gasteiger partial charge in [0.05, 0.1) is 0 Å². The van der Waals surface area contributed by atoms with E-state index < -0.39 is 0 Å². The van der Waals surface area contributed by atoms with E-state index in [1.807, 2.05) is 0 Å². The summed E-state index contributed by atoms with van der Waals surface area (Å²) in [5.41, 5.74) is 0. The molecule has 1 heterocycles. The molecular weight excluding hydrogens is 208 g/mol. The summed E-state index contributed by atoms with van der Waals surface area (Å²) in [5.74, 6) is 8.30. The third kappa shape index (κ3) is 1.10. The van der Waals surface area contributed by atoms with E-state index in [9.17, 15) is 0 Å². The molecule has 1 heteroatoms. The van der Waals surface area contributed by atoms with Crippen LogP contribution in [0, 0.1) is 47.3 Å². The first-order valence-electron chi connectivity index (χ1n) is 7.68. The molecule has 0 aromatic rings. The number of hydrogen-bond acceptors (Lipinski definition) is 1. The van der Waals surface area contributed by atoms with Crippen molar-refractivity contribution in [2.24, 2.45) is 47.3 Å². The molecule has 92 valence electrons. The molecule has 5 rings (SSSR count). The molecule has 4 bridgehead atoms. The number of ether oxygens (including phenoxy) is 1.